The molecule has 0 N–H and O–H groups in total. The van der Waals surface area contributed by atoms with Crippen molar-refractivity contribution in [3.8, 4) is 0 Å². The van der Waals surface area contributed by atoms with Crippen LogP contribution in [0.1, 0.15) is 13.3 Å². The van der Waals surface area contributed by atoms with Gasteiger partial charge in [0.25, 0.3) is 0 Å². The van der Waals surface area contributed by atoms with Gasteiger partial charge in [-0.3, -0.25) is 0 Å². The van der Waals surface area contributed by atoms with Crippen molar-refractivity contribution in [1.29, 1.82) is 0 Å². The molecule has 0 saturated heterocycles. The number of thioether (sulfide) groups is 1. The second-order valence-corrected chi connectivity index (χ2v) is 6.42. The topological polar surface area (TPSA) is 34.1 Å². The Balaban J connectivity index is 2.60. The smallest absolute Gasteiger partial charge is 0.160 e. The van der Waals surface area contributed by atoms with Crippen molar-refractivity contribution in [2.45, 2.75) is 13.3 Å². The van der Waals surface area contributed by atoms with Crippen LogP contribution in [0.5, 0.6) is 0 Å². The fourth-order valence-corrected chi connectivity index (χ4v) is 4.64. The van der Waals surface area contributed by atoms with E-state index in [1.807, 2.05) is 0 Å². The quantitative estimate of drug-likeness (QED) is 0.739. The van der Waals surface area contributed by atoms with Gasteiger partial charge in [-0.15, -0.1) is 11.8 Å². The average molecular weight is 227 g/mol. The summed E-state index contributed by atoms with van der Waals surface area (Å²) in [5.74, 6) is 1.14. The predicted octanol–water partition coefficient (Wildman–Crippen LogP) is 2.01. The number of hydrogen-bond acceptors (Lipinski definition) is 3. The Kier molecular flexibility index (Phi) is 3.49. The summed E-state index contributed by atoms with van der Waals surface area (Å²) in [7, 11) is -2.90. The van der Waals surface area contributed by atoms with Gasteiger partial charge in [-0.1, -0.05) is 18.5 Å². The second-order valence-electron chi connectivity index (χ2n) is 2.71. The Hall–Kier alpha value is 0.330. The number of sulfone groups is 1. The first-order chi connectivity index (χ1) is 5.55. The van der Waals surface area contributed by atoms with Crippen LogP contribution in [0.2, 0.25) is 0 Å². The maximum Gasteiger partial charge on any atom is 0.160 e. The summed E-state index contributed by atoms with van der Waals surface area (Å²) < 4.78 is 22.2. The van der Waals surface area contributed by atoms with Crippen LogP contribution in [0.4, 0.5) is 0 Å². The molecule has 0 fully saturated rings. The van der Waals surface area contributed by atoms with E-state index in [0.717, 1.165) is 17.1 Å². The minimum absolute atomic E-state index is 0.0423. The zero-order valence-corrected chi connectivity index (χ0v) is 9.23. The van der Waals surface area contributed by atoms with Crippen LogP contribution in [-0.2, 0) is 9.84 Å². The summed E-state index contributed by atoms with van der Waals surface area (Å²) >= 11 is 7.34. The normalized spacial score (nSPS) is 21.8. The highest BCUT2D eigenvalue weighted by atomic mass is 35.5. The number of halogens is 1. The second kappa shape index (κ2) is 4.03. The Morgan fingerprint density at radius 1 is 1.50 bits per heavy atom. The zero-order chi connectivity index (χ0) is 9.19. The molecule has 1 rings (SSSR count). The van der Waals surface area contributed by atoms with Gasteiger partial charge in [-0.2, -0.15) is 0 Å². The lowest BCUT2D eigenvalue weighted by Gasteiger charge is -1.97. The van der Waals surface area contributed by atoms with Gasteiger partial charge in [0.2, 0.25) is 0 Å². The molecule has 0 bridgehead atoms. The van der Waals surface area contributed by atoms with Crippen LogP contribution in [0.25, 0.3) is 0 Å². The van der Waals surface area contributed by atoms with Crippen LogP contribution in [0.15, 0.2) is 9.94 Å². The van der Waals surface area contributed by atoms with Crippen molar-refractivity contribution in [2.24, 2.45) is 0 Å². The molecule has 0 aromatic heterocycles. The van der Waals surface area contributed by atoms with Gasteiger partial charge in [0, 0.05) is 9.94 Å². The van der Waals surface area contributed by atoms with Crippen molar-refractivity contribution in [2.75, 3.05) is 17.3 Å². The Morgan fingerprint density at radius 3 is 2.58 bits per heavy atom. The summed E-state index contributed by atoms with van der Waals surface area (Å²) in [4.78, 5) is 0.846. The monoisotopic (exact) mass is 226 g/mol. The van der Waals surface area contributed by atoms with Gasteiger partial charge in [-0.25, -0.2) is 8.42 Å². The first-order valence-corrected chi connectivity index (χ1v) is 6.94. The molecule has 1 aliphatic heterocycles. The van der Waals surface area contributed by atoms with Crippen molar-refractivity contribution >= 4 is 33.2 Å². The molecule has 0 saturated carbocycles. The summed E-state index contributed by atoms with van der Waals surface area (Å²) in [5.41, 5.74) is 0. The SMILES string of the molecule is CCCSC1=C(Cl)CS(=O)(=O)C1. The molecule has 0 aromatic rings. The highest BCUT2D eigenvalue weighted by Crippen LogP contribution is 2.31. The first kappa shape index (κ1) is 10.4. The van der Waals surface area contributed by atoms with E-state index in [1.165, 1.54) is 0 Å². The van der Waals surface area contributed by atoms with E-state index < -0.39 is 9.84 Å². The number of hydrogen-bond donors (Lipinski definition) is 0. The van der Waals surface area contributed by atoms with Crippen LogP contribution in [0.3, 0.4) is 0 Å². The van der Waals surface area contributed by atoms with Gasteiger partial charge in [0.1, 0.15) is 0 Å². The largest absolute Gasteiger partial charge is 0.228 e. The van der Waals surface area contributed by atoms with E-state index in [9.17, 15) is 8.42 Å². The van der Waals surface area contributed by atoms with Gasteiger partial charge in [-0.05, 0) is 12.2 Å². The summed E-state index contributed by atoms with van der Waals surface area (Å²) in [6.45, 7) is 2.06. The molecule has 1 aliphatic rings. The molecule has 0 aliphatic carbocycles. The van der Waals surface area contributed by atoms with Crippen molar-refractivity contribution in [3.63, 3.8) is 0 Å². The third-order valence-corrected chi connectivity index (χ3v) is 5.10. The predicted molar refractivity (Wildman–Crippen MR) is 54.3 cm³/mol. The lowest BCUT2D eigenvalue weighted by Crippen LogP contribution is -2.02. The Morgan fingerprint density at radius 2 is 2.17 bits per heavy atom. The summed E-state index contributed by atoms with van der Waals surface area (Å²) in [5, 5.41) is 0.522. The molecule has 0 radical (unpaired) electrons. The first-order valence-electron chi connectivity index (χ1n) is 3.76. The van der Waals surface area contributed by atoms with E-state index in [1.54, 1.807) is 11.8 Å². The lowest BCUT2D eigenvalue weighted by atomic mass is 10.6. The highest BCUT2D eigenvalue weighted by Gasteiger charge is 2.26. The minimum Gasteiger partial charge on any atom is -0.228 e. The Bertz CT molecular complexity index is 293. The molecule has 0 spiro atoms. The minimum atomic E-state index is -2.90. The highest BCUT2D eigenvalue weighted by molar-refractivity contribution is 8.05. The van der Waals surface area contributed by atoms with E-state index in [2.05, 4.69) is 6.92 Å². The van der Waals surface area contributed by atoms with Gasteiger partial charge >= 0.3 is 0 Å². The van der Waals surface area contributed by atoms with Crippen molar-refractivity contribution < 1.29 is 8.42 Å². The van der Waals surface area contributed by atoms with E-state index in [-0.39, 0.29) is 11.5 Å². The standard InChI is InChI=1S/C7H11ClO2S2/c1-2-3-11-7-5-12(9,10)4-6(7)8/h2-5H2,1H3. The van der Waals surface area contributed by atoms with Gasteiger partial charge in [0.15, 0.2) is 9.84 Å². The van der Waals surface area contributed by atoms with Crippen LogP contribution < -0.4 is 0 Å². The van der Waals surface area contributed by atoms with E-state index >= 15 is 0 Å². The molecular formula is C7H11ClO2S2. The van der Waals surface area contributed by atoms with Gasteiger partial charge in [0.05, 0.1) is 11.5 Å². The molecule has 12 heavy (non-hydrogen) atoms. The molecular weight excluding hydrogens is 216 g/mol. The van der Waals surface area contributed by atoms with E-state index in [4.69, 9.17) is 11.6 Å². The van der Waals surface area contributed by atoms with Crippen molar-refractivity contribution in [3.05, 3.63) is 9.94 Å². The average Bonchev–Trinajstić information content (AvgIpc) is 2.20. The Labute approximate surface area is 82.3 Å². The molecule has 0 aromatic carbocycles. The molecule has 0 amide bonds. The molecule has 0 unspecified atom stereocenters. The van der Waals surface area contributed by atoms with Gasteiger partial charge < -0.3 is 0 Å². The van der Waals surface area contributed by atoms with Crippen LogP contribution in [-0.4, -0.2) is 25.7 Å². The van der Waals surface area contributed by atoms with Crippen LogP contribution >= 0.6 is 23.4 Å². The maximum absolute atomic E-state index is 11.1. The third kappa shape index (κ3) is 2.68. The number of rotatable bonds is 3. The lowest BCUT2D eigenvalue weighted by molar-refractivity contribution is 0.603. The molecule has 2 nitrogen and oxygen atoms in total. The third-order valence-electron chi connectivity index (χ3n) is 1.48. The van der Waals surface area contributed by atoms with Crippen LogP contribution in [0, 0.1) is 0 Å². The maximum atomic E-state index is 11.1. The summed E-state index contributed by atoms with van der Waals surface area (Å²) in [6.07, 6.45) is 1.04. The fourth-order valence-electron chi connectivity index (χ4n) is 0.948. The van der Waals surface area contributed by atoms with Crippen molar-refractivity contribution in [1.82, 2.24) is 0 Å². The molecule has 5 heteroatoms. The van der Waals surface area contributed by atoms with E-state index in [0.29, 0.717) is 5.03 Å². The summed E-state index contributed by atoms with van der Waals surface area (Å²) in [6, 6.07) is 0. The molecule has 70 valence electrons. The fraction of sp³-hybridized carbons (Fsp3) is 0.714. The molecule has 1 heterocycles. The zero-order valence-electron chi connectivity index (χ0n) is 6.84. The molecule has 0 atom stereocenters.